The molecule has 0 aliphatic carbocycles. The zero-order chi connectivity index (χ0) is 23.4. The molecule has 0 aromatic heterocycles. The van der Waals surface area contributed by atoms with Crippen molar-refractivity contribution < 1.29 is 13.2 Å². The molecule has 9 heteroatoms. The molecular formula is C25H24N4O3S2. The summed E-state index contributed by atoms with van der Waals surface area (Å²) in [5.74, 6) is 0. The number of hydrogen-bond acceptors (Lipinski definition) is 6. The summed E-state index contributed by atoms with van der Waals surface area (Å²) >= 11 is 1.58. The minimum Gasteiger partial charge on any atom is -0.379 e. The maximum atomic E-state index is 12.9. The van der Waals surface area contributed by atoms with E-state index < -0.39 is 10.0 Å². The topological polar surface area (TPSA) is 83.4 Å². The van der Waals surface area contributed by atoms with E-state index in [0.29, 0.717) is 37.2 Å². The molecule has 1 unspecified atom stereocenters. The van der Waals surface area contributed by atoms with Gasteiger partial charge in [-0.2, -0.15) is 9.41 Å². The molecule has 0 radical (unpaired) electrons. The van der Waals surface area contributed by atoms with Crippen molar-refractivity contribution in [2.24, 2.45) is 10.1 Å². The van der Waals surface area contributed by atoms with Crippen LogP contribution in [-0.2, 0) is 14.8 Å². The fourth-order valence-corrected chi connectivity index (χ4v) is 6.32. The predicted octanol–water partition coefficient (Wildman–Crippen LogP) is 4.18. The van der Waals surface area contributed by atoms with Crippen molar-refractivity contribution in [3.05, 3.63) is 96.1 Å². The lowest BCUT2D eigenvalue weighted by Gasteiger charge is -2.26. The molecule has 1 fully saturated rings. The Balaban J connectivity index is 1.40. The van der Waals surface area contributed by atoms with Crippen LogP contribution in [-0.4, -0.2) is 49.9 Å². The Bertz CT molecular complexity index is 1290. The molecule has 5 rings (SSSR count). The molecule has 1 saturated heterocycles. The molecule has 0 saturated carbocycles. The standard InChI is InChI=1S/C25H24N4O3S2/c30-34(31,29-15-17-32-18-16-29)22-13-11-21(12-14-22)26-25-28-27-23(19-7-3-1-4-8-19)24(33-25)20-9-5-2-6-10-20/h1-14,24H,15-18H2,(H,26,28). The lowest BCUT2D eigenvalue weighted by molar-refractivity contribution is 0.0730. The molecule has 3 aromatic rings. The molecule has 0 amide bonds. The molecular weight excluding hydrogens is 468 g/mol. The first kappa shape index (κ1) is 22.8. The van der Waals surface area contributed by atoms with Gasteiger partial charge in [0.25, 0.3) is 0 Å². The van der Waals surface area contributed by atoms with Crippen molar-refractivity contribution in [2.45, 2.75) is 10.1 Å². The highest BCUT2D eigenvalue weighted by Gasteiger charge is 2.28. The van der Waals surface area contributed by atoms with Crippen molar-refractivity contribution in [2.75, 3.05) is 26.3 Å². The van der Waals surface area contributed by atoms with E-state index in [1.54, 1.807) is 36.0 Å². The van der Waals surface area contributed by atoms with Crippen LogP contribution in [0, 0.1) is 0 Å². The molecule has 34 heavy (non-hydrogen) atoms. The number of amidine groups is 1. The van der Waals surface area contributed by atoms with Crippen LogP contribution in [0.15, 0.2) is 99.9 Å². The third kappa shape index (κ3) is 4.92. The van der Waals surface area contributed by atoms with Gasteiger partial charge < -0.3 is 4.74 Å². The van der Waals surface area contributed by atoms with Gasteiger partial charge in [-0.05, 0) is 35.4 Å². The lowest BCUT2D eigenvalue weighted by Crippen LogP contribution is -2.40. The van der Waals surface area contributed by atoms with Crippen molar-refractivity contribution in [3.63, 3.8) is 0 Å². The number of sulfonamides is 1. The second kappa shape index (κ2) is 10.1. The summed E-state index contributed by atoms with van der Waals surface area (Å²) in [6.45, 7) is 1.58. The molecule has 7 nitrogen and oxygen atoms in total. The molecule has 2 aliphatic heterocycles. The monoisotopic (exact) mass is 492 g/mol. The van der Waals surface area contributed by atoms with Crippen LogP contribution < -0.4 is 5.43 Å². The second-order valence-electron chi connectivity index (χ2n) is 7.81. The third-order valence-corrected chi connectivity index (χ3v) is 8.65. The van der Waals surface area contributed by atoms with Crippen LogP contribution in [0.25, 0.3) is 0 Å². The van der Waals surface area contributed by atoms with E-state index in [-0.39, 0.29) is 10.1 Å². The SMILES string of the molecule is O=S(=O)(c1ccc(N=C2NN=C(c3ccccc3)C(c3ccccc3)S2)cc1)N1CCOCC1. The number of hydrazone groups is 1. The first-order chi connectivity index (χ1) is 16.6. The van der Waals surface area contributed by atoms with Crippen LogP contribution in [0.1, 0.15) is 16.4 Å². The zero-order valence-corrected chi connectivity index (χ0v) is 20.0. The van der Waals surface area contributed by atoms with E-state index in [4.69, 9.17) is 9.73 Å². The molecule has 3 aromatic carbocycles. The average Bonchev–Trinajstić information content (AvgIpc) is 2.90. The van der Waals surface area contributed by atoms with Crippen LogP contribution in [0.3, 0.4) is 0 Å². The summed E-state index contributed by atoms with van der Waals surface area (Å²) in [5.41, 5.74) is 6.84. The van der Waals surface area contributed by atoms with E-state index in [0.717, 1.165) is 16.8 Å². The quantitative estimate of drug-likeness (QED) is 0.578. The number of ether oxygens (including phenoxy) is 1. The highest BCUT2D eigenvalue weighted by atomic mass is 32.2. The van der Waals surface area contributed by atoms with Gasteiger partial charge in [-0.1, -0.05) is 72.4 Å². The average molecular weight is 493 g/mol. The van der Waals surface area contributed by atoms with Gasteiger partial charge in [0.15, 0.2) is 5.17 Å². The van der Waals surface area contributed by atoms with Gasteiger partial charge in [-0.15, -0.1) is 0 Å². The Morgan fingerprint density at radius 3 is 2.24 bits per heavy atom. The van der Waals surface area contributed by atoms with Gasteiger partial charge in [0, 0.05) is 13.1 Å². The second-order valence-corrected chi connectivity index (χ2v) is 10.8. The highest BCUT2D eigenvalue weighted by Crippen LogP contribution is 2.36. The minimum atomic E-state index is -3.53. The minimum absolute atomic E-state index is 0.0235. The van der Waals surface area contributed by atoms with Crippen molar-refractivity contribution in [1.29, 1.82) is 0 Å². The van der Waals surface area contributed by atoms with Crippen LogP contribution in [0.4, 0.5) is 5.69 Å². The Labute approximate surface area is 203 Å². The first-order valence-corrected chi connectivity index (χ1v) is 13.3. The fourth-order valence-electron chi connectivity index (χ4n) is 3.84. The van der Waals surface area contributed by atoms with E-state index >= 15 is 0 Å². The summed E-state index contributed by atoms with van der Waals surface area (Å²) in [6.07, 6.45) is 0. The largest absolute Gasteiger partial charge is 0.379 e. The van der Waals surface area contributed by atoms with Crippen LogP contribution in [0.2, 0.25) is 0 Å². The Hall–Kier alpha value is -2.98. The fraction of sp³-hybridized carbons (Fsp3) is 0.200. The van der Waals surface area contributed by atoms with Crippen molar-refractivity contribution in [3.8, 4) is 0 Å². The van der Waals surface area contributed by atoms with Gasteiger partial charge in [-0.3, -0.25) is 5.43 Å². The van der Waals surface area contributed by atoms with Crippen molar-refractivity contribution in [1.82, 2.24) is 9.73 Å². The van der Waals surface area contributed by atoms with Gasteiger partial charge in [0.05, 0.1) is 34.8 Å². The number of thioether (sulfide) groups is 1. The molecule has 2 heterocycles. The van der Waals surface area contributed by atoms with Crippen LogP contribution >= 0.6 is 11.8 Å². The van der Waals surface area contributed by atoms with E-state index in [1.165, 1.54) is 4.31 Å². The number of hydrogen-bond donors (Lipinski definition) is 1. The Kier molecular flexibility index (Phi) is 6.77. The number of rotatable bonds is 5. The number of nitrogens with one attached hydrogen (secondary N) is 1. The molecule has 1 N–H and O–H groups in total. The zero-order valence-electron chi connectivity index (χ0n) is 18.4. The smallest absolute Gasteiger partial charge is 0.243 e. The summed E-state index contributed by atoms with van der Waals surface area (Å²) in [5, 5.41) is 5.28. The summed E-state index contributed by atoms with van der Waals surface area (Å²) in [7, 11) is -3.53. The first-order valence-electron chi connectivity index (χ1n) is 11.0. The maximum absolute atomic E-state index is 12.9. The summed E-state index contributed by atoms with van der Waals surface area (Å²) < 4.78 is 32.4. The van der Waals surface area contributed by atoms with Gasteiger partial charge in [-0.25, -0.2) is 13.4 Å². The van der Waals surface area contributed by atoms with Crippen molar-refractivity contribution >= 4 is 38.4 Å². The Morgan fingerprint density at radius 1 is 0.912 bits per heavy atom. The Morgan fingerprint density at radius 2 is 1.56 bits per heavy atom. The van der Waals surface area contributed by atoms with E-state index in [9.17, 15) is 8.42 Å². The maximum Gasteiger partial charge on any atom is 0.243 e. The van der Waals surface area contributed by atoms with Crippen LogP contribution in [0.5, 0.6) is 0 Å². The van der Waals surface area contributed by atoms with Gasteiger partial charge in [0.1, 0.15) is 0 Å². The van der Waals surface area contributed by atoms with Gasteiger partial charge >= 0.3 is 0 Å². The lowest BCUT2D eigenvalue weighted by atomic mass is 10.0. The number of morpholine rings is 1. The number of aliphatic imine (C=N–C) groups is 1. The molecule has 174 valence electrons. The number of nitrogens with zero attached hydrogens (tertiary/aromatic N) is 3. The van der Waals surface area contributed by atoms with Gasteiger partial charge in [0.2, 0.25) is 10.0 Å². The molecule has 2 aliphatic rings. The molecule has 0 bridgehead atoms. The highest BCUT2D eigenvalue weighted by molar-refractivity contribution is 8.14. The molecule has 1 atom stereocenters. The number of benzene rings is 3. The normalized spacial score (nSPS) is 20.5. The van der Waals surface area contributed by atoms with E-state index in [1.807, 2.05) is 48.5 Å². The van der Waals surface area contributed by atoms with E-state index in [2.05, 4.69) is 22.7 Å². The summed E-state index contributed by atoms with van der Waals surface area (Å²) in [6, 6.07) is 26.9. The summed E-state index contributed by atoms with van der Waals surface area (Å²) in [4.78, 5) is 4.95. The molecule has 0 spiro atoms. The third-order valence-electron chi connectivity index (χ3n) is 5.60. The predicted molar refractivity (Wildman–Crippen MR) is 136 cm³/mol.